The fraction of sp³-hybridized carbons (Fsp3) is 0.320. The van der Waals surface area contributed by atoms with Gasteiger partial charge < -0.3 is 9.47 Å². The van der Waals surface area contributed by atoms with Crippen LogP contribution < -0.4 is 9.47 Å². The number of nitro groups is 1. The Morgan fingerprint density at radius 3 is 2.49 bits per heavy atom. The predicted octanol–water partition coefficient (Wildman–Crippen LogP) is 3.85. The molecule has 1 heterocycles. The quantitative estimate of drug-likeness (QED) is 0.187. The van der Waals surface area contributed by atoms with Crippen molar-refractivity contribution in [3.05, 3.63) is 75.6 Å². The molecular weight excluding hydrogens is 457 g/mol. The first-order chi connectivity index (χ1) is 16.9. The van der Waals surface area contributed by atoms with E-state index in [0.717, 1.165) is 11.4 Å². The summed E-state index contributed by atoms with van der Waals surface area (Å²) < 4.78 is 24.7. The number of fused-ring (bicyclic) bond motifs is 5. The number of nitro benzene ring substituents is 1. The van der Waals surface area contributed by atoms with E-state index in [4.69, 9.17) is 9.47 Å². The monoisotopic (exact) mass is 479 g/mol. The molecule has 0 radical (unpaired) electrons. The number of benzene rings is 2. The molecule has 2 amide bonds. The van der Waals surface area contributed by atoms with Crippen LogP contribution in [-0.4, -0.2) is 34.6 Å². The Morgan fingerprint density at radius 1 is 1.14 bits per heavy atom. The highest BCUT2D eigenvalue weighted by molar-refractivity contribution is 6.06. The van der Waals surface area contributed by atoms with Crippen molar-refractivity contribution >= 4 is 23.7 Å². The Bertz CT molecular complexity index is 1250. The van der Waals surface area contributed by atoms with E-state index in [9.17, 15) is 24.1 Å². The molecule has 1 aliphatic heterocycles. The zero-order chi connectivity index (χ0) is 24.7. The van der Waals surface area contributed by atoms with E-state index in [1.54, 1.807) is 13.0 Å². The maximum atomic E-state index is 13.5. The normalized spacial score (nSPS) is 24.5. The van der Waals surface area contributed by atoms with Crippen LogP contribution in [0.3, 0.4) is 0 Å². The van der Waals surface area contributed by atoms with Crippen molar-refractivity contribution in [2.75, 3.05) is 6.61 Å². The molecule has 4 atom stereocenters. The summed E-state index contributed by atoms with van der Waals surface area (Å²) in [5.41, 5.74) is 0.372. The van der Waals surface area contributed by atoms with Crippen LogP contribution in [0.2, 0.25) is 0 Å². The Kier molecular flexibility index (Phi) is 5.80. The Labute approximate surface area is 200 Å². The smallest absolute Gasteiger partial charge is 0.315 e. The van der Waals surface area contributed by atoms with Gasteiger partial charge in [-0.15, -0.1) is 0 Å². The molecule has 0 N–H and O–H groups in total. The summed E-state index contributed by atoms with van der Waals surface area (Å²) in [6, 6.07) is 8.42. The Balaban J connectivity index is 1.41. The van der Waals surface area contributed by atoms with Gasteiger partial charge in [-0.1, -0.05) is 24.3 Å². The first-order valence-corrected chi connectivity index (χ1v) is 11.3. The lowest BCUT2D eigenvalue weighted by molar-refractivity contribution is -0.386. The standard InChI is InChI=1S/C25H22FN3O6/c1-2-34-20-10-15(9-19(29(32)33)23(20)35-13-14-4-3-5-18(26)8-14)12-27-28-24(30)21-16-6-7-17(11-16)22(21)25(28)31/h3-10,12,16-17,21-22H,2,11,13H2,1H3/t16-,17-,21-,22+/m0/s1. The molecule has 9 nitrogen and oxygen atoms in total. The number of imide groups is 1. The number of carbonyl (C=O) groups excluding carboxylic acids is 2. The highest BCUT2D eigenvalue weighted by atomic mass is 19.1. The largest absolute Gasteiger partial charge is 0.490 e. The number of carbonyl (C=O) groups is 2. The lowest BCUT2D eigenvalue weighted by Crippen LogP contribution is -2.28. The van der Waals surface area contributed by atoms with E-state index in [1.165, 1.54) is 36.5 Å². The minimum absolute atomic E-state index is 0.0572. The van der Waals surface area contributed by atoms with E-state index in [1.807, 2.05) is 12.2 Å². The van der Waals surface area contributed by atoms with Crippen LogP contribution in [-0.2, 0) is 16.2 Å². The van der Waals surface area contributed by atoms with Crippen molar-refractivity contribution in [2.24, 2.45) is 28.8 Å². The molecule has 1 saturated carbocycles. The van der Waals surface area contributed by atoms with Crippen molar-refractivity contribution in [2.45, 2.75) is 20.0 Å². The Morgan fingerprint density at radius 2 is 1.86 bits per heavy atom. The van der Waals surface area contributed by atoms with Gasteiger partial charge in [0.15, 0.2) is 5.75 Å². The predicted molar refractivity (Wildman–Crippen MR) is 122 cm³/mol. The third-order valence-corrected chi connectivity index (χ3v) is 6.60. The molecule has 2 bridgehead atoms. The van der Waals surface area contributed by atoms with Crippen LogP contribution in [0.5, 0.6) is 11.5 Å². The molecule has 180 valence electrons. The van der Waals surface area contributed by atoms with Gasteiger partial charge in [0.25, 0.3) is 11.8 Å². The van der Waals surface area contributed by atoms with Crippen molar-refractivity contribution in [3.8, 4) is 11.5 Å². The van der Waals surface area contributed by atoms with Crippen molar-refractivity contribution in [1.29, 1.82) is 0 Å². The number of hydrogen-bond donors (Lipinski definition) is 0. The van der Waals surface area contributed by atoms with Crippen LogP contribution in [0.15, 0.2) is 53.7 Å². The van der Waals surface area contributed by atoms with E-state index >= 15 is 0 Å². The number of amides is 2. The maximum absolute atomic E-state index is 13.5. The summed E-state index contributed by atoms with van der Waals surface area (Å²) >= 11 is 0. The van der Waals surface area contributed by atoms with Crippen LogP contribution in [0, 0.1) is 39.6 Å². The molecule has 10 heteroatoms. The molecular formula is C25H22FN3O6. The minimum Gasteiger partial charge on any atom is -0.490 e. The van der Waals surface area contributed by atoms with Gasteiger partial charge in [0, 0.05) is 11.6 Å². The number of hydrazone groups is 1. The zero-order valence-electron chi connectivity index (χ0n) is 18.8. The summed E-state index contributed by atoms with van der Waals surface area (Å²) in [7, 11) is 0. The third-order valence-electron chi connectivity index (χ3n) is 6.60. The summed E-state index contributed by atoms with van der Waals surface area (Å²) in [5, 5.41) is 16.8. The SMILES string of the molecule is CCOc1cc(C=NN2C(=O)[C@@H]3[C@H](C2=O)[C@H]2C=C[C@H]3C2)cc([N+](=O)[O-])c1OCc1cccc(F)c1. The molecule has 2 fully saturated rings. The molecule has 0 unspecified atom stereocenters. The van der Waals surface area contributed by atoms with Crippen LogP contribution in [0.25, 0.3) is 0 Å². The topological polar surface area (TPSA) is 111 Å². The first-order valence-electron chi connectivity index (χ1n) is 11.3. The van der Waals surface area contributed by atoms with Gasteiger partial charge in [-0.25, -0.2) is 4.39 Å². The summed E-state index contributed by atoms with van der Waals surface area (Å²) in [5.74, 6) is -1.81. The highest BCUT2D eigenvalue weighted by Crippen LogP contribution is 2.52. The highest BCUT2D eigenvalue weighted by Gasteiger charge is 2.59. The fourth-order valence-corrected chi connectivity index (χ4v) is 5.13. The lowest BCUT2D eigenvalue weighted by Gasteiger charge is -2.14. The number of rotatable bonds is 8. The van der Waals surface area contributed by atoms with Crippen molar-refractivity contribution in [1.82, 2.24) is 5.01 Å². The van der Waals surface area contributed by atoms with Crippen LogP contribution in [0.4, 0.5) is 10.1 Å². The van der Waals surface area contributed by atoms with E-state index in [-0.39, 0.29) is 71.4 Å². The summed E-state index contributed by atoms with van der Waals surface area (Å²) in [6.07, 6.45) is 6.03. The summed E-state index contributed by atoms with van der Waals surface area (Å²) in [4.78, 5) is 36.8. The number of hydrogen-bond acceptors (Lipinski definition) is 7. The number of nitrogens with zero attached hydrogens (tertiary/aromatic N) is 3. The minimum atomic E-state index is -0.624. The average molecular weight is 479 g/mol. The molecule has 35 heavy (non-hydrogen) atoms. The maximum Gasteiger partial charge on any atom is 0.315 e. The van der Waals surface area contributed by atoms with Gasteiger partial charge in [-0.3, -0.25) is 19.7 Å². The van der Waals surface area contributed by atoms with Gasteiger partial charge in [0.1, 0.15) is 12.4 Å². The van der Waals surface area contributed by atoms with Gasteiger partial charge >= 0.3 is 5.69 Å². The number of ether oxygens (including phenoxy) is 2. The molecule has 3 aliphatic rings. The number of allylic oxidation sites excluding steroid dienone is 2. The van der Waals surface area contributed by atoms with Gasteiger partial charge in [-0.05, 0) is 48.9 Å². The second kappa shape index (κ2) is 8.94. The third kappa shape index (κ3) is 4.05. The fourth-order valence-electron chi connectivity index (χ4n) is 5.13. The molecule has 2 aromatic carbocycles. The zero-order valence-corrected chi connectivity index (χ0v) is 18.8. The van der Waals surface area contributed by atoms with Crippen molar-refractivity contribution < 1.29 is 28.4 Å². The molecule has 1 saturated heterocycles. The molecule has 0 spiro atoms. The molecule has 2 aliphatic carbocycles. The number of halogens is 1. The Hall–Kier alpha value is -4.08. The van der Waals surface area contributed by atoms with Gasteiger partial charge in [0.2, 0.25) is 5.75 Å². The molecule has 0 aromatic heterocycles. The van der Waals surface area contributed by atoms with E-state index in [2.05, 4.69) is 5.10 Å². The van der Waals surface area contributed by atoms with Gasteiger partial charge in [0.05, 0.1) is 29.6 Å². The molecule has 5 rings (SSSR count). The molecule has 2 aromatic rings. The average Bonchev–Trinajstić information content (AvgIpc) is 3.51. The van der Waals surface area contributed by atoms with E-state index in [0.29, 0.717) is 5.56 Å². The second-order valence-electron chi connectivity index (χ2n) is 8.71. The first kappa shape index (κ1) is 22.7. The van der Waals surface area contributed by atoms with Gasteiger partial charge in [-0.2, -0.15) is 10.1 Å². The summed E-state index contributed by atoms with van der Waals surface area (Å²) in [6.45, 7) is 1.81. The van der Waals surface area contributed by atoms with Crippen LogP contribution in [0.1, 0.15) is 24.5 Å². The van der Waals surface area contributed by atoms with E-state index < -0.39 is 10.7 Å². The van der Waals surface area contributed by atoms with Crippen LogP contribution >= 0.6 is 0 Å². The second-order valence-corrected chi connectivity index (χ2v) is 8.71. The lowest BCUT2D eigenvalue weighted by atomic mass is 9.85. The van der Waals surface area contributed by atoms with Crippen molar-refractivity contribution in [3.63, 3.8) is 0 Å².